The van der Waals surface area contributed by atoms with Gasteiger partial charge in [-0.2, -0.15) is 0 Å². The third-order valence-corrected chi connectivity index (χ3v) is 7.45. The van der Waals surface area contributed by atoms with Gasteiger partial charge in [0.05, 0.1) is 0 Å². The average molecular weight is 463 g/mol. The Kier molecular flexibility index (Phi) is 10.9. The molecule has 6 nitrogen and oxygen atoms in total. The van der Waals surface area contributed by atoms with Gasteiger partial charge in [-0.25, -0.2) is 0 Å². The number of hydrogen-bond donors (Lipinski definition) is 0. The smallest absolute Gasteiger partial charge is 0.222 e. The number of amides is 1. The molecule has 1 aliphatic carbocycles. The first-order valence-corrected chi connectivity index (χ1v) is 13.2. The van der Waals surface area contributed by atoms with Crippen LogP contribution in [0.5, 0.6) is 0 Å². The summed E-state index contributed by atoms with van der Waals surface area (Å²) in [6.07, 6.45) is 6.20. The van der Waals surface area contributed by atoms with Crippen LogP contribution in [0.1, 0.15) is 73.6 Å². The van der Waals surface area contributed by atoms with E-state index in [-0.39, 0.29) is 5.91 Å². The van der Waals surface area contributed by atoms with Crippen molar-refractivity contribution >= 4 is 11.7 Å². The van der Waals surface area contributed by atoms with Crippen LogP contribution in [0.15, 0.2) is 11.8 Å². The summed E-state index contributed by atoms with van der Waals surface area (Å²) < 4.78 is 0. The number of likely N-dealkylation sites (N-methyl/N-ethyl adjacent to an activating group) is 1. The minimum Gasteiger partial charge on any atom is -0.383 e. The van der Waals surface area contributed by atoms with Crippen LogP contribution in [-0.2, 0) is 9.59 Å². The fourth-order valence-corrected chi connectivity index (χ4v) is 5.96. The standard InChI is InChI=1S/C27H50N4O2/c1-9-11-30-18-22(14-23-17-26(32)24(16-25(23)30)19-28(7)8)15-27(33)29(10-2)12-13-31(20(3)4)21(5)6/h19-23,25H,9-18H2,1-8H3/t22-,23-,25-/m1/s1. The van der Waals surface area contributed by atoms with Gasteiger partial charge in [0.25, 0.3) is 0 Å². The number of ketones is 1. The molecule has 1 heterocycles. The van der Waals surface area contributed by atoms with Crippen LogP contribution in [0.3, 0.4) is 0 Å². The molecule has 190 valence electrons. The Balaban J connectivity index is 2.03. The van der Waals surface area contributed by atoms with E-state index in [1.54, 1.807) is 0 Å². The van der Waals surface area contributed by atoms with Crippen LogP contribution in [0, 0.1) is 11.8 Å². The Morgan fingerprint density at radius 1 is 1.09 bits per heavy atom. The number of rotatable bonds is 11. The Labute approximate surface area is 203 Å². The molecule has 1 amide bonds. The van der Waals surface area contributed by atoms with Crippen LogP contribution in [-0.4, -0.2) is 96.2 Å². The molecule has 0 aromatic carbocycles. The lowest BCUT2D eigenvalue weighted by Gasteiger charge is -2.47. The van der Waals surface area contributed by atoms with Gasteiger partial charge in [-0.3, -0.25) is 19.4 Å². The summed E-state index contributed by atoms with van der Waals surface area (Å²) in [5.41, 5.74) is 0.967. The van der Waals surface area contributed by atoms with Gasteiger partial charge in [-0.15, -0.1) is 0 Å². The van der Waals surface area contributed by atoms with Gasteiger partial charge >= 0.3 is 0 Å². The van der Waals surface area contributed by atoms with Crippen molar-refractivity contribution < 1.29 is 9.59 Å². The lowest BCUT2D eigenvalue weighted by atomic mass is 9.72. The first-order valence-electron chi connectivity index (χ1n) is 13.2. The maximum Gasteiger partial charge on any atom is 0.222 e. The van der Waals surface area contributed by atoms with E-state index in [0.717, 1.165) is 57.6 Å². The molecule has 2 fully saturated rings. The topological polar surface area (TPSA) is 47.1 Å². The number of likely N-dealkylation sites (tertiary alicyclic amines) is 1. The normalized spacial score (nSPS) is 25.2. The van der Waals surface area contributed by atoms with Crippen LogP contribution in [0.4, 0.5) is 0 Å². The maximum absolute atomic E-state index is 13.3. The summed E-state index contributed by atoms with van der Waals surface area (Å²) in [5.74, 6) is 1.30. The van der Waals surface area contributed by atoms with E-state index in [1.165, 1.54) is 0 Å². The largest absolute Gasteiger partial charge is 0.383 e. The lowest BCUT2D eigenvalue weighted by molar-refractivity contribution is -0.133. The van der Waals surface area contributed by atoms with E-state index in [9.17, 15) is 9.59 Å². The second kappa shape index (κ2) is 12.9. The predicted octanol–water partition coefficient (Wildman–Crippen LogP) is 3.87. The Hall–Kier alpha value is -1.40. The van der Waals surface area contributed by atoms with E-state index >= 15 is 0 Å². The molecule has 6 heteroatoms. The van der Waals surface area contributed by atoms with E-state index < -0.39 is 0 Å². The second-order valence-electron chi connectivity index (χ2n) is 11.0. The number of Topliss-reactive ketones (excluding diaryl/α,β-unsaturated/α-hetero) is 1. The molecule has 33 heavy (non-hydrogen) atoms. The third kappa shape index (κ3) is 7.81. The summed E-state index contributed by atoms with van der Waals surface area (Å²) in [7, 11) is 3.97. The van der Waals surface area contributed by atoms with E-state index in [1.807, 2.05) is 30.1 Å². The molecule has 0 bridgehead atoms. The molecule has 2 aliphatic rings. The number of carbonyl (C=O) groups is 2. The van der Waals surface area contributed by atoms with Gasteiger partial charge < -0.3 is 9.80 Å². The average Bonchev–Trinajstić information content (AvgIpc) is 2.71. The molecular weight excluding hydrogens is 412 g/mol. The summed E-state index contributed by atoms with van der Waals surface area (Å²) in [6, 6.07) is 1.40. The number of piperidine rings is 1. The molecule has 1 saturated heterocycles. The summed E-state index contributed by atoms with van der Waals surface area (Å²) in [5, 5.41) is 0. The third-order valence-electron chi connectivity index (χ3n) is 7.45. The number of hydrogen-bond acceptors (Lipinski definition) is 5. The Bertz CT molecular complexity index is 665. The van der Waals surface area contributed by atoms with Gasteiger partial charge in [-0.05, 0) is 72.3 Å². The lowest BCUT2D eigenvalue weighted by Crippen LogP contribution is -2.53. The van der Waals surface area contributed by atoms with Crippen molar-refractivity contribution in [2.24, 2.45) is 11.8 Å². The van der Waals surface area contributed by atoms with Crippen molar-refractivity contribution in [2.45, 2.75) is 91.8 Å². The molecule has 0 aromatic heterocycles. The number of carbonyl (C=O) groups excluding carboxylic acids is 2. The van der Waals surface area contributed by atoms with Crippen molar-refractivity contribution in [3.63, 3.8) is 0 Å². The highest BCUT2D eigenvalue weighted by Gasteiger charge is 2.41. The van der Waals surface area contributed by atoms with E-state index in [4.69, 9.17) is 0 Å². The highest BCUT2D eigenvalue weighted by Crippen LogP contribution is 2.39. The van der Waals surface area contributed by atoms with E-state index in [0.29, 0.717) is 48.6 Å². The second-order valence-corrected chi connectivity index (χ2v) is 11.0. The molecule has 0 radical (unpaired) electrons. The fraction of sp³-hybridized carbons (Fsp3) is 0.852. The summed E-state index contributed by atoms with van der Waals surface area (Å²) in [6.45, 7) is 17.7. The molecule has 0 spiro atoms. The first kappa shape index (κ1) is 27.8. The molecule has 0 aromatic rings. The van der Waals surface area contributed by atoms with Gasteiger partial charge in [0.15, 0.2) is 5.78 Å². The predicted molar refractivity (Wildman–Crippen MR) is 137 cm³/mol. The summed E-state index contributed by atoms with van der Waals surface area (Å²) in [4.78, 5) is 35.1. The highest BCUT2D eigenvalue weighted by atomic mass is 16.2. The molecule has 1 saturated carbocycles. The molecule has 0 unspecified atom stereocenters. The van der Waals surface area contributed by atoms with Gasteiger partial charge in [0, 0.05) is 83.0 Å². The summed E-state index contributed by atoms with van der Waals surface area (Å²) >= 11 is 0. The van der Waals surface area contributed by atoms with Crippen molar-refractivity contribution in [2.75, 3.05) is 46.8 Å². The van der Waals surface area contributed by atoms with Crippen molar-refractivity contribution in [3.05, 3.63) is 11.8 Å². The van der Waals surface area contributed by atoms with Crippen molar-refractivity contribution in [3.8, 4) is 0 Å². The van der Waals surface area contributed by atoms with Crippen molar-refractivity contribution in [1.82, 2.24) is 19.6 Å². The molecule has 3 atom stereocenters. The molecular formula is C27H50N4O2. The molecule has 0 N–H and O–H groups in total. The fourth-order valence-electron chi connectivity index (χ4n) is 5.96. The zero-order chi connectivity index (χ0) is 24.7. The van der Waals surface area contributed by atoms with Crippen LogP contribution in [0.2, 0.25) is 0 Å². The maximum atomic E-state index is 13.3. The van der Waals surface area contributed by atoms with Gasteiger partial charge in [-0.1, -0.05) is 6.92 Å². The van der Waals surface area contributed by atoms with Gasteiger partial charge in [0.1, 0.15) is 0 Å². The zero-order valence-electron chi connectivity index (χ0n) is 22.6. The van der Waals surface area contributed by atoms with Crippen LogP contribution < -0.4 is 0 Å². The van der Waals surface area contributed by atoms with E-state index in [2.05, 4.69) is 51.3 Å². The number of nitrogens with zero attached hydrogens (tertiary/aromatic N) is 4. The zero-order valence-corrected chi connectivity index (χ0v) is 22.6. The monoisotopic (exact) mass is 462 g/mol. The van der Waals surface area contributed by atoms with Crippen LogP contribution in [0.25, 0.3) is 0 Å². The molecule has 2 rings (SSSR count). The minimum absolute atomic E-state index is 0.278. The quantitative estimate of drug-likeness (QED) is 0.436. The van der Waals surface area contributed by atoms with Crippen molar-refractivity contribution in [1.29, 1.82) is 0 Å². The number of fused-ring (bicyclic) bond motifs is 1. The Morgan fingerprint density at radius 2 is 1.76 bits per heavy atom. The Morgan fingerprint density at radius 3 is 2.30 bits per heavy atom. The van der Waals surface area contributed by atoms with Crippen LogP contribution >= 0.6 is 0 Å². The van der Waals surface area contributed by atoms with Gasteiger partial charge in [0.2, 0.25) is 5.91 Å². The minimum atomic E-state index is 0.278. The SMILES string of the molecule is CCCN1C[C@@H](CC(=O)N(CC)CCN(C(C)C)C(C)C)C[C@@H]2CC(=O)C(=CN(C)C)C[C@H]21. The molecule has 1 aliphatic heterocycles. The highest BCUT2D eigenvalue weighted by molar-refractivity contribution is 5.96. The first-order chi connectivity index (χ1) is 15.6.